The second-order valence-electron chi connectivity index (χ2n) is 7.54. The first kappa shape index (κ1) is 19.7. The van der Waals surface area contributed by atoms with E-state index in [2.05, 4.69) is 63.4 Å². The summed E-state index contributed by atoms with van der Waals surface area (Å²) in [5, 5.41) is 12.7. The average Bonchev–Trinajstić information content (AvgIpc) is 3.42. The summed E-state index contributed by atoms with van der Waals surface area (Å²) in [6, 6.07) is 18.7. The normalized spacial score (nSPS) is 14.2. The topological polar surface area (TPSA) is 59.8 Å². The molecule has 1 heterocycles. The number of aromatic nitrogens is 3. The Hall–Kier alpha value is -2.60. The molecule has 1 fully saturated rings. The van der Waals surface area contributed by atoms with E-state index in [0.29, 0.717) is 6.54 Å². The van der Waals surface area contributed by atoms with Crippen molar-refractivity contribution in [3.05, 3.63) is 71.5 Å². The van der Waals surface area contributed by atoms with Crippen molar-refractivity contribution >= 4 is 17.7 Å². The third-order valence-corrected chi connectivity index (χ3v) is 6.35. The van der Waals surface area contributed by atoms with E-state index < -0.39 is 0 Å². The van der Waals surface area contributed by atoms with Crippen molar-refractivity contribution < 1.29 is 4.79 Å². The van der Waals surface area contributed by atoms with Gasteiger partial charge in [-0.25, -0.2) is 0 Å². The van der Waals surface area contributed by atoms with Crippen molar-refractivity contribution in [2.24, 2.45) is 5.92 Å². The number of rotatable bonds is 7. The molecule has 1 aliphatic carbocycles. The van der Waals surface area contributed by atoms with E-state index in [1.807, 2.05) is 18.2 Å². The number of aryl methyl sites for hydroxylation is 1. The minimum Gasteiger partial charge on any atom is -0.349 e. The van der Waals surface area contributed by atoms with Crippen molar-refractivity contribution in [2.75, 3.05) is 0 Å². The Morgan fingerprint density at radius 2 is 1.79 bits per heavy atom. The zero-order valence-corrected chi connectivity index (χ0v) is 17.5. The highest BCUT2D eigenvalue weighted by Crippen LogP contribution is 2.27. The first-order valence-corrected chi connectivity index (χ1v) is 11.1. The van der Waals surface area contributed by atoms with Crippen molar-refractivity contribution in [2.45, 2.75) is 50.1 Å². The van der Waals surface area contributed by atoms with Crippen LogP contribution in [0.15, 0.2) is 59.8 Å². The number of hydrogen-bond donors (Lipinski definition) is 1. The van der Waals surface area contributed by atoms with E-state index in [4.69, 9.17) is 0 Å². The van der Waals surface area contributed by atoms with Crippen LogP contribution in [0.25, 0.3) is 5.69 Å². The van der Waals surface area contributed by atoms with Gasteiger partial charge >= 0.3 is 0 Å². The maximum absolute atomic E-state index is 12.5. The van der Waals surface area contributed by atoms with Crippen molar-refractivity contribution in [1.29, 1.82) is 0 Å². The molecular formula is C23H26N4OS. The Labute approximate surface area is 175 Å². The number of hydrogen-bond acceptors (Lipinski definition) is 4. The minimum atomic E-state index is 0.138. The van der Waals surface area contributed by atoms with Crippen LogP contribution in [-0.4, -0.2) is 20.7 Å². The zero-order chi connectivity index (χ0) is 20.1. The predicted octanol–water partition coefficient (Wildman–Crippen LogP) is 4.67. The standard InChI is InChI=1S/C23H26N4OS/c1-17-11-13-20(14-12-17)27-21(15-24-22(28)19-9-5-6-10-19)25-26-23(27)29-16-18-7-3-2-4-8-18/h2-4,7-8,11-14,19H,5-6,9-10,15-16H2,1H3,(H,24,28). The van der Waals surface area contributed by atoms with Crippen LogP contribution in [0.3, 0.4) is 0 Å². The summed E-state index contributed by atoms with van der Waals surface area (Å²) in [4.78, 5) is 12.5. The first-order chi connectivity index (χ1) is 14.2. The molecule has 29 heavy (non-hydrogen) atoms. The van der Waals surface area contributed by atoms with Crippen LogP contribution < -0.4 is 5.32 Å². The van der Waals surface area contributed by atoms with Crippen LogP contribution in [0, 0.1) is 12.8 Å². The lowest BCUT2D eigenvalue weighted by Crippen LogP contribution is -2.29. The Bertz CT molecular complexity index is 947. The predicted molar refractivity (Wildman–Crippen MR) is 116 cm³/mol. The van der Waals surface area contributed by atoms with Gasteiger partial charge in [-0.3, -0.25) is 9.36 Å². The molecule has 0 unspecified atom stereocenters. The summed E-state index contributed by atoms with van der Waals surface area (Å²) in [6.07, 6.45) is 4.29. The summed E-state index contributed by atoms with van der Waals surface area (Å²) < 4.78 is 2.06. The van der Waals surface area contributed by atoms with Crippen molar-refractivity contribution in [3.8, 4) is 5.69 Å². The summed E-state index contributed by atoms with van der Waals surface area (Å²) in [7, 11) is 0. The molecule has 0 aliphatic heterocycles. The fourth-order valence-electron chi connectivity index (χ4n) is 3.68. The molecular weight excluding hydrogens is 380 g/mol. The number of amides is 1. The number of nitrogens with zero attached hydrogens (tertiary/aromatic N) is 3. The fraction of sp³-hybridized carbons (Fsp3) is 0.348. The molecule has 1 saturated carbocycles. The summed E-state index contributed by atoms with van der Waals surface area (Å²) in [5.41, 5.74) is 3.46. The van der Waals surface area contributed by atoms with Gasteiger partial charge in [-0.1, -0.05) is 72.6 Å². The third kappa shape index (κ3) is 4.88. The Balaban J connectivity index is 1.54. The highest BCUT2D eigenvalue weighted by molar-refractivity contribution is 7.98. The molecule has 6 heteroatoms. The van der Waals surface area contributed by atoms with E-state index in [-0.39, 0.29) is 11.8 Å². The maximum Gasteiger partial charge on any atom is 0.223 e. The van der Waals surface area contributed by atoms with E-state index in [1.165, 1.54) is 11.1 Å². The summed E-state index contributed by atoms with van der Waals surface area (Å²) in [6.45, 7) is 2.46. The van der Waals surface area contributed by atoms with Crippen molar-refractivity contribution in [3.63, 3.8) is 0 Å². The molecule has 4 rings (SSSR count). The average molecular weight is 407 g/mol. The van der Waals surface area contributed by atoms with Crippen LogP contribution >= 0.6 is 11.8 Å². The molecule has 1 aromatic heterocycles. The Morgan fingerprint density at radius 1 is 1.07 bits per heavy atom. The largest absolute Gasteiger partial charge is 0.349 e. The van der Waals surface area contributed by atoms with Gasteiger partial charge in [0.2, 0.25) is 5.91 Å². The van der Waals surface area contributed by atoms with Crippen LogP contribution in [-0.2, 0) is 17.1 Å². The zero-order valence-electron chi connectivity index (χ0n) is 16.7. The second-order valence-corrected chi connectivity index (χ2v) is 8.49. The van der Waals surface area contributed by atoms with Gasteiger partial charge in [-0.05, 0) is 37.5 Å². The van der Waals surface area contributed by atoms with Crippen molar-refractivity contribution in [1.82, 2.24) is 20.1 Å². The SMILES string of the molecule is Cc1ccc(-n2c(CNC(=O)C3CCCC3)nnc2SCc2ccccc2)cc1. The van der Waals surface area contributed by atoms with Gasteiger partial charge in [-0.15, -0.1) is 10.2 Å². The Kier molecular flexibility index (Phi) is 6.30. The molecule has 5 nitrogen and oxygen atoms in total. The molecule has 1 amide bonds. The number of carbonyl (C=O) groups excluding carboxylic acids is 1. The summed E-state index contributed by atoms with van der Waals surface area (Å²) in [5.74, 6) is 1.87. The highest BCUT2D eigenvalue weighted by atomic mass is 32.2. The fourth-order valence-corrected chi connectivity index (χ4v) is 4.61. The highest BCUT2D eigenvalue weighted by Gasteiger charge is 2.23. The van der Waals surface area contributed by atoms with E-state index >= 15 is 0 Å². The number of benzene rings is 2. The molecule has 0 spiro atoms. The monoisotopic (exact) mass is 406 g/mol. The molecule has 0 atom stereocenters. The van der Waals surface area contributed by atoms with Crippen LogP contribution in [0.5, 0.6) is 0 Å². The number of carbonyl (C=O) groups is 1. The minimum absolute atomic E-state index is 0.138. The van der Waals surface area contributed by atoms with Gasteiger partial charge in [0.15, 0.2) is 11.0 Å². The van der Waals surface area contributed by atoms with Gasteiger partial charge in [0.1, 0.15) is 0 Å². The lowest BCUT2D eigenvalue weighted by atomic mass is 10.1. The van der Waals surface area contributed by atoms with E-state index in [0.717, 1.165) is 48.1 Å². The van der Waals surface area contributed by atoms with Gasteiger partial charge in [0.25, 0.3) is 0 Å². The molecule has 1 N–H and O–H groups in total. The molecule has 3 aromatic rings. The van der Waals surface area contributed by atoms with Crippen LogP contribution in [0.1, 0.15) is 42.6 Å². The Morgan fingerprint density at radius 3 is 2.52 bits per heavy atom. The van der Waals surface area contributed by atoms with E-state index in [1.54, 1.807) is 11.8 Å². The second kappa shape index (κ2) is 9.27. The number of nitrogens with one attached hydrogen (secondary N) is 1. The first-order valence-electron chi connectivity index (χ1n) is 10.2. The van der Waals surface area contributed by atoms with E-state index in [9.17, 15) is 4.79 Å². The molecule has 0 saturated heterocycles. The third-order valence-electron chi connectivity index (χ3n) is 5.35. The van der Waals surface area contributed by atoms with Gasteiger partial charge < -0.3 is 5.32 Å². The maximum atomic E-state index is 12.5. The van der Waals surface area contributed by atoms with Crippen LogP contribution in [0.4, 0.5) is 0 Å². The van der Waals surface area contributed by atoms with Gasteiger partial charge in [-0.2, -0.15) is 0 Å². The van der Waals surface area contributed by atoms with Crippen LogP contribution in [0.2, 0.25) is 0 Å². The lowest BCUT2D eigenvalue weighted by molar-refractivity contribution is -0.125. The quantitative estimate of drug-likeness (QED) is 0.579. The molecule has 1 aliphatic rings. The number of thioether (sulfide) groups is 1. The van der Waals surface area contributed by atoms with Gasteiger partial charge in [0, 0.05) is 17.4 Å². The smallest absolute Gasteiger partial charge is 0.223 e. The lowest BCUT2D eigenvalue weighted by Gasteiger charge is -2.13. The molecule has 2 aromatic carbocycles. The molecule has 150 valence electrons. The molecule has 0 bridgehead atoms. The van der Waals surface area contributed by atoms with Gasteiger partial charge in [0.05, 0.1) is 6.54 Å². The molecule has 0 radical (unpaired) electrons. The summed E-state index contributed by atoms with van der Waals surface area (Å²) >= 11 is 1.66.